The van der Waals surface area contributed by atoms with Crippen LogP contribution in [-0.4, -0.2) is 20.7 Å². The minimum absolute atomic E-state index is 0.0846. The summed E-state index contributed by atoms with van der Waals surface area (Å²) in [6.07, 6.45) is 0. The minimum atomic E-state index is -3.29. The third-order valence-corrected chi connectivity index (χ3v) is 5.48. The van der Waals surface area contributed by atoms with Crippen molar-refractivity contribution in [1.29, 1.82) is 0 Å². The summed E-state index contributed by atoms with van der Waals surface area (Å²) in [6, 6.07) is 3.82. The number of benzene rings is 1. The number of nitrogens with two attached hydrogens (primary N) is 1. The molecule has 1 rings (SSSR count). The SMILES string of the molecule is Cc1cc(C)c(S(=O)(=O)CC(C)(C)CN)c(C)c1. The average molecular weight is 269 g/mol. The molecule has 0 unspecified atom stereocenters. The molecular weight excluding hydrogens is 246 g/mol. The summed E-state index contributed by atoms with van der Waals surface area (Å²) in [5.74, 6) is 0.0846. The second-order valence-corrected chi connectivity index (χ2v) is 7.78. The normalized spacial score (nSPS) is 12.8. The monoisotopic (exact) mass is 269 g/mol. The van der Waals surface area contributed by atoms with Gasteiger partial charge in [-0.05, 0) is 43.9 Å². The fourth-order valence-electron chi connectivity index (χ4n) is 2.30. The van der Waals surface area contributed by atoms with Gasteiger partial charge in [-0.25, -0.2) is 8.42 Å². The lowest BCUT2D eigenvalue weighted by Crippen LogP contribution is -2.32. The predicted molar refractivity (Wildman–Crippen MR) is 75.5 cm³/mol. The standard InChI is InChI=1S/C14H23NO2S/c1-10-6-11(2)13(12(3)7-10)18(16,17)9-14(4,5)8-15/h6-7H,8-9,15H2,1-5H3. The van der Waals surface area contributed by atoms with Gasteiger partial charge < -0.3 is 5.73 Å². The van der Waals surface area contributed by atoms with E-state index in [1.165, 1.54) is 0 Å². The van der Waals surface area contributed by atoms with Crippen molar-refractivity contribution in [2.75, 3.05) is 12.3 Å². The van der Waals surface area contributed by atoms with Crippen molar-refractivity contribution in [3.63, 3.8) is 0 Å². The number of hydrogen-bond acceptors (Lipinski definition) is 3. The van der Waals surface area contributed by atoms with E-state index < -0.39 is 15.3 Å². The molecular formula is C14H23NO2S. The first-order chi connectivity index (χ1) is 8.09. The van der Waals surface area contributed by atoms with Crippen LogP contribution in [0, 0.1) is 26.2 Å². The molecule has 102 valence electrons. The molecule has 2 N–H and O–H groups in total. The highest BCUT2D eigenvalue weighted by Crippen LogP contribution is 2.27. The van der Waals surface area contributed by atoms with Gasteiger partial charge in [-0.3, -0.25) is 0 Å². The lowest BCUT2D eigenvalue weighted by molar-refractivity contribution is 0.425. The maximum absolute atomic E-state index is 12.5. The summed E-state index contributed by atoms with van der Waals surface area (Å²) < 4.78 is 25.0. The highest BCUT2D eigenvalue weighted by molar-refractivity contribution is 7.91. The predicted octanol–water partition coefficient (Wildman–Crippen LogP) is 2.37. The van der Waals surface area contributed by atoms with E-state index in [1.54, 1.807) is 0 Å². The molecule has 18 heavy (non-hydrogen) atoms. The topological polar surface area (TPSA) is 60.2 Å². The lowest BCUT2D eigenvalue weighted by atomic mass is 9.97. The fourth-order valence-corrected chi connectivity index (χ4v) is 4.69. The summed E-state index contributed by atoms with van der Waals surface area (Å²) >= 11 is 0. The first-order valence-electron chi connectivity index (χ1n) is 6.10. The van der Waals surface area contributed by atoms with E-state index in [9.17, 15) is 8.42 Å². The molecule has 0 aliphatic carbocycles. The van der Waals surface area contributed by atoms with Gasteiger partial charge in [-0.2, -0.15) is 0 Å². The molecule has 0 atom stereocenters. The molecule has 0 amide bonds. The van der Waals surface area contributed by atoms with Crippen molar-refractivity contribution in [2.24, 2.45) is 11.1 Å². The van der Waals surface area contributed by atoms with E-state index in [4.69, 9.17) is 5.73 Å². The molecule has 1 aromatic rings. The Kier molecular flexibility index (Phi) is 4.23. The fraction of sp³-hybridized carbons (Fsp3) is 0.571. The van der Waals surface area contributed by atoms with Crippen LogP contribution < -0.4 is 5.73 Å². The van der Waals surface area contributed by atoms with Gasteiger partial charge in [0.1, 0.15) is 0 Å². The third-order valence-electron chi connectivity index (χ3n) is 3.05. The van der Waals surface area contributed by atoms with Gasteiger partial charge in [0.05, 0.1) is 10.6 Å². The molecule has 4 heteroatoms. The third kappa shape index (κ3) is 3.33. The van der Waals surface area contributed by atoms with Crippen molar-refractivity contribution >= 4 is 9.84 Å². The van der Waals surface area contributed by atoms with Crippen molar-refractivity contribution < 1.29 is 8.42 Å². The van der Waals surface area contributed by atoms with Crippen LogP contribution in [0.5, 0.6) is 0 Å². The van der Waals surface area contributed by atoms with Gasteiger partial charge in [-0.1, -0.05) is 31.5 Å². The van der Waals surface area contributed by atoms with Gasteiger partial charge >= 0.3 is 0 Å². The van der Waals surface area contributed by atoms with Crippen LogP contribution in [0.1, 0.15) is 30.5 Å². The largest absolute Gasteiger partial charge is 0.330 e. The van der Waals surface area contributed by atoms with E-state index in [0.29, 0.717) is 11.4 Å². The van der Waals surface area contributed by atoms with Crippen molar-refractivity contribution in [3.8, 4) is 0 Å². The van der Waals surface area contributed by atoms with E-state index in [1.807, 2.05) is 46.8 Å². The summed E-state index contributed by atoms with van der Waals surface area (Å²) in [5, 5.41) is 0. The van der Waals surface area contributed by atoms with E-state index in [-0.39, 0.29) is 5.75 Å². The van der Waals surface area contributed by atoms with E-state index in [2.05, 4.69) is 0 Å². The molecule has 0 aliphatic heterocycles. The van der Waals surface area contributed by atoms with Crippen LogP contribution in [-0.2, 0) is 9.84 Å². The van der Waals surface area contributed by atoms with Crippen LogP contribution in [0.3, 0.4) is 0 Å². The number of hydrogen-bond donors (Lipinski definition) is 1. The molecule has 0 saturated heterocycles. The van der Waals surface area contributed by atoms with Gasteiger partial charge in [0.15, 0.2) is 9.84 Å². The molecule has 0 bridgehead atoms. The van der Waals surface area contributed by atoms with Crippen molar-refractivity contribution in [3.05, 3.63) is 28.8 Å². The molecule has 3 nitrogen and oxygen atoms in total. The summed E-state index contributed by atoms with van der Waals surface area (Å²) in [4.78, 5) is 0.467. The lowest BCUT2D eigenvalue weighted by Gasteiger charge is -2.23. The van der Waals surface area contributed by atoms with Crippen molar-refractivity contribution in [1.82, 2.24) is 0 Å². The number of aryl methyl sites for hydroxylation is 3. The van der Waals surface area contributed by atoms with Crippen LogP contribution in [0.4, 0.5) is 0 Å². The van der Waals surface area contributed by atoms with Gasteiger partial charge in [0.25, 0.3) is 0 Å². The second kappa shape index (κ2) is 5.02. The first-order valence-corrected chi connectivity index (χ1v) is 7.75. The Bertz CT molecular complexity index is 522. The van der Waals surface area contributed by atoms with Gasteiger partial charge in [0, 0.05) is 0 Å². The molecule has 0 spiro atoms. The molecule has 0 saturated carbocycles. The van der Waals surface area contributed by atoms with Crippen LogP contribution >= 0.6 is 0 Å². The summed E-state index contributed by atoms with van der Waals surface area (Å²) in [5.41, 5.74) is 7.95. The minimum Gasteiger partial charge on any atom is -0.330 e. The zero-order valence-corrected chi connectivity index (χ0v) is 12.7. The zero-order valence-electron chi connectivity index (χ0n) is 11.9. The molecule has 0 fully saturated rings. The Hall–Kier alpha value is -0.870. The average Bonchev–Trinajstić information content (AvgIpc) is 2.13. The van der Waals surface area contributed by atoms with Crippen molar-refractivity contribution in [2.45, 2.75) is 39.5 Å². The van der Waals surface area contributed by atoms with E-state index in [0.717, 1.165) is 16.7 Å². The summed E-state index contributed by atoms with van der Waals surface area (Å²) in [6.45, 7) is 9.79. The van der Waals surface area contributed by atoms with E-state index >= 15 is 0 Å². The molecule has 1 aromatic carbocycles. The van der Waals surface area contributed by atoms with Crippen LogP contribution in [0.15, 0.2) is 17.0 Å². The highest BCUT2D eigenvalue weighted by Gasteiger charge is 2.28. The molecule has 0 heterocycles. The Morgan fingerprint density at radius 1 is 1.11 bits per heavy atom. The number of rotatable bonds is 4. The number of sulfone groups is 1. The molecule has 0 radical (unpaired) electrons. The van der Waals surface area contributed by atoms with Crippen LogP contribution in [0.25, 0.3) is 0 Å². The Labute approximate surface area is 110 Å². The smallest absolute Gasteiger partial charge is 0.179 e. The Morgan fingerprint density at radius 2 is 1.56 bits per heavy atom. The first kappa shape index (κ1) is 15.2. The molecule has 0 aromatic heterocycles. The van der Waals surface area contributed by atoms with Gasteiger partial charge in [-0.15, -0.1) is 0 Å². The maximum atomic E-state index is 12.5. The zero-order chi connectivity index (χ0) is 14.1. The summed E-state index contributed by atoms with van der Waals surface area (Å²) in [7, 11) is -3.29. The highest BCUT2D eigenvalue weighted by atomic mass is 32.2. The quantitative estimate of drug-likeness (QED) is 0.913. The second-order valence-electron chi connectivity index (χ2n) is 5.86. The Balaban J connectivity index is 3.30. The maximum Gasteiger partial charge on any atom is 0.179 e. The molecule has 0 aliphatic rings. The van der Waals surface area contributed by atoms with Gasteiger partial charge in [0.2, 0.25) is 0 Å². The van der Waals surface area contributed by atoms with Crippen LogP contribution in [0.2, 0.25) is 0 Å². The Morgan fingerprint density at radius 3 is 1.94 bits per heavy atom.